The Morgan fingerprint density at radius 3 is 2.33 bits per heavy atom. The number of hydrogen-bond acceptors (Lipinski definition) is 4. The molecule has 1 aromatic rings. The van der Waals surface area contributed by atoms with E-state index in [2.05, 4.69) is 24.3 Å². The first-order valence-corrected chi connectivity index (χ1v) is 6.04. The first kappa shape index (κ1) is 12.7. The molecule has 0 radical (unpaired) electrons. The number of nitrogens with zero attached hydrogens (tertiary/aromatic N) is 1. The number of hydrogen-bond donors (Lipinski definition) is 1. The minimum absolute atomic E-state index is 0.843. The molecule has 4 heteroatoms. The van der Waals surface area contributed by atoms with Gasteiger partial charge in [0.05, 0.1) is 14.7 Å². The fraction of sp³-hybridized carbons (Fsp3) is 0.636. The zero-order valence-corrected chi connectivity index (χ0v) is 11.2. The molecule has 1 aromatic carbocycles. The number of nitrogens with one attached hydrogen (secondary N) is 1. The lowest BCUT2D eigenvalue weighted by atomic mass is 10.1. The Bertz CT molecular complexity index is 389. The highest BCUT2D eigenvalue weighted by Gasteiger charge is 2.08. The number of anilines is 1. The van der Waals surface area contributed by atoms with E-state index >= 15 is 0 Å². The molecule has 1 N–H and O–H groups in total. The van der Waals surface area contributed by atoms with Crippen molar-refractivity contribution in [2.24, 2.45) is 0 Å². The third-order valence-electron chi connectivity index (χ3n) is 2.48. The highest BCUT2D eigenvalue weighted by Crippen LogP contribution is 2.24. The molecule has 0 spiro atoms. The van der Waals surface area contributed by atoms with Gasteiger partial charge in [0.1, 0.15) is 0 Å². The molecule has 2 nitrogen and oxygen atoms in total. The van der Waals surface area contributed by atoms with Gasteiger partial charge in [-0.3, -0.25) is 0 Å². The number of unbranched alkanes of at least 4 members (excludes halogenated alkanes) is 1. The third-order valence-corrected chi connectivity index (χ3v) is 3.53. The smallest absolute Gasteiger partial charge is 0.0795 e. The van der Waals surface area contributed by atoms with Gasteiger partial charge in [-0.2, -0.15) is 0 Å². The van der Waals surface area contributed by atoms with E-state index < -0.39 is 0 Å². The average Bonchev–Trinajstić information content (AvgIpc) is 2.21. The molecular formula is C11H18N2S2. The van der Waals surface area contributed by atoms with Gasteiger partial charge in [0.25, 0.3) is 0 Å². The van der Waals surface area contributed by atoms with E-state index in [0.717, 1.165) is 33.4 Å². The Morgan fingerprint density at radius 1 is 1.13 bits per heavy atom. The van der Waals surface area contributed by atoms with Crippen molar-refractivity contribution in [3.05, 3.63) is 14.6 Å². The SMILES string of the molecule is Cc1c(NCCCCN(C)C)c(=S)c1=S. The first-order chi connectivity index (χ1) is 7.04. The predicted octanol–water partition coefficient (Wildman–Crippen LogP) is 3.08. The van der Waals surface area contributed by atoms with Crippen LogP contribution in [0.5, 0.6) is 0 Å². The highest BCUT2D eigenvalue weighted by molar-refractivity contribution is 7.74. The Kier molecular flexibility index (Phi) is 4.83. The zero-order valence-electron chi connectivity index (χ0n) is 9.59. The monoisotopic (exact) mass is 242 g/mol. The normalized spacial score (nSPS) is 11.2. The average molecular weight is 242 g/mol. The summed E-state index contributed by atoms with van der Waals surface area (Å²) in [5, 5.41) is 3.36. The summed E-state index contributed by atoms with van der Waals surface area (Å²) in [5.74, 6) is 0. The Labute approximate surface area is 102 Å². The van der Waals surface area contributed by atoms with Crippen molar-refractivity contribution in [1.29, 1.82) is 0 Å². The summed E-state index contributed by atoms with van der Waals surface area (Å²) in [6, 6.07) is 0. The van der Waals surface area contributed by atoms with Gasteiger partial charge in [-0.05, 0) is 46.0 Å². The lowest BCUT2D eigenvalue weighted by Gasteiger charge is -2.14. The molecule has 0 aliphatic heterocycles. The van der Waals surface area contributed by atoms with E-state index in [0.29, 0.717) is 0 Å². The summed E-state index contributed by atoms with van der Waals surface area (Å²) in [7, 11) is 4.19. The molecule has 1 rings (SSSR count). The Balaban J connectivity index is 2.22. The second-order valence-electron chi connectivity index (χ2n) is 4.10. The molecule has 0 atom stereocenters. The fourth-order valence-electron chi connectivity index (χ4n) is 1.48. The van der Waals surface area contributed by atoms with Crippen molar-refractivity contribution in [1.82, 2.24) is 4.90 Å². The van der Waals surface area contributed by atoms with E-state index in [1.807, 2.05) is 6.92 Å². The van der Waals surface area contributed by atoms with Gasteiger partial charge in [0, 0.05) is 6.54 Å². The Hall–Kier alpha value is -0.320. The van der Waals surface area contributed by atoms with Crippen LogP contribution in [-0.4, -0.2) is 32.1 Å². The first-order valence-electron chi connectivity index (χ1n) is 5.22. The van der Waals surface area contributed by atoms with Crippen LogP contribution >= 0.6 is 24.4 Å². The van der Waals surface area contributed by atoms with Gasteiger partial charge in [-0.1, -0.05) is 24.4 Å². The summed E-state index contributed by atoms with van der Waals surface area (Å²) in [5.41, 5.74) is 2.25. The van der Waals surface area contributed by atoms with Crippen molar-refractivity contribution in [2.45, 2.75) is 19.8 Å². The molecule has 84 valence electrons. The van der Waals surface area contributed by atoms with Crippen molar-refractivity contribution in [3.63, 3.8) is 0 Å². The van der Waals surface area contributed by atoms with E-state index in [4.69, 9.17) is 24.4 Å². The second kappa shape index (κ2) is 5.68. The summed E-state index contributed by atoms with van der Waals surface area (Å²) in [6.45, 7) is 4.16. The third kappa shape index (κ3) is 3.33. The van der Waals surface area contributed by atoms with E-state index in [9.17, 15) is 0 Å². The maximum absolute atomic E-state index is 5.15. The van der Waals surface area contributed by atoms with E-state index in [1.165, 1.54) is 12.8 Å². The quantitative estimate of drug-likeness (QED) is 0.609. The van der Waals surface area contributed by atoms with Gasteiger partial charge >= 0.3 is 0 Å². The van der Waals surface area contributed by atoms with Crippen LogP contribution in [0.3, 0.4) is 0 Å². The standard InChI is InChI=1S/C11H18N2S2/c1-8-9(11(15)10(8)14)12-6-4-5-7-13(2)3/h12H,4-7H2,1-3H3. The minimum atomic E-state index is 0.843. The molecular weight excluding hydrogens is 224 g/mol. The molecule has 0 saturated carbocycles. The number of rotatable bonds is 6. The van der Waals surface area contributed by atoms with Crippen molar-refractivity contribution < 1.29 is 0 Å². The van der Waals surface area contributed by atoms with Crippen molar-refractivity contribution in [2.75, 3.05) is 32.5 Å². The molecule has 0 unspecified atom stereocenters. The summed E-state index contributed by atoms with van der Waals surface area (Å²) in [4.78, 5) is 2.20. The molecule has 0 aliphatic rings. The maximum Gasteiger partial charge on any atom is 0.0795 e. The minimum Gasteiger partial charge on any atom is -0.384 e. The molecule has 15 heavy (non-hydrogen) atoms. The van der Waals surface area contributed by atoms with Crippen LogP contribution in [0.4, 0.5) is 5.69 Å². The predicted molar refractivity (Wildman–Crippen MR) is 71.5 cm³/mol. The topological polar surface area (TPSA) is 15.3 Å². The second-order valence-corrected chi connectivity index (χ2v) is 4.91. The molecule has 0 fully saturated rings. The fourth-order valence-corrected chi connectivity index (χ4v) is 2.07. The van der Waals surface area contributed by atoms with Crippen LogP contribution in [0.2, 0.25) is 0 Å². The van der Waals surface area contributed by atoms with Gasteiger partial charge < -0.3 is 10.2 Å². The molecule has 0 amide bonds. The molecule has 0 aromatic heterocycles. The van der Waals surface area contributed by atoms with Crippen LogP contribution < -0.4 is 5.32 Å². The van der Waals surface area contributed by atoms with Crippen molar-refractivity contribution >= 4 is 30.1 Å². The van der Waals surface area contributed by atoms with Gasteiger partial charge in [0.15, 0.2) is 0 Å². The summed E-state index contributed by atoms with van der Waals surface area (Å²) < 4.78 is 1.70. The van der Waals surface area contributed by atoms with Crippen LogP contribution in [0.25, 0.3) is 0 Å². The van der Waals surface area contributed by atoms with Crippen molar-refractivity contribution in [3.8, 4) is 0 Å². The summed E-state index contributed by atoms with van der Waals surface area (Å²) >= 11 is 10.3. The van der Waals surface area contributed by atoms with Gasteiger partial charge in [-0.25, -0.2) is 0 Å². The van der Waals surface area contributed by atoms with Gasteiger partial charge in [-0.15, -0.1) is 0 Å². The van der Waals surface area contributed by atoms with Crippen LogP contribution in [-0.2, 0) is 0 Å². The maximum atomic E-state index is 5.15. The van der Waals surface area contributed by atoms with E-state index in [-0.39, 0.29) is 0 Å². The Morgan fingerprint density at radius 2 is 1.80 bits per heavy atom. The molecule has 0 aliphatic carbocycles. The lowest BCUT2D eigenvalue weighted by molar-refractivity contribution is 0.396. The van der Waals surface area contributed by atoms with Crippen LogP contribution in [0.1, 0.15) is 18.4 Å². The van der Waals surface area contributed by atoms with Gasteiger partial charge in [0.2, 0.25) is 0 Å². The van der Waals surface area contributed by atoms with E-state index in [1.54, 1.807) is 0 Å². The molecule has 0 bridgehead atoms. The van der Waals surface area contributed by atoms with Crippen LogP contribution in [0, 0.1) is 15.9 Å². The summed E-state index contributed by atoms with van der Waals surface area (Å²) in [6.07, 6.45) is 2.38. The molecule has 0 saturated heterocycles. The lowest BCUT2D eigenvalue weighted by Crippen LogP contribution is -2.14. The highest BCUT2D eigenvalue weighted by atomic mass is 32.1. The van der Waals surface area contributed by atoms with Crippen LogP contribution in [0.15, 0.2) is 0 Å². The zero-order chi connectivity index (χ0) is 11.4. The molecule has 0 heterocycles. The largest absolute Gasteiger partial charge is 0.384 e.